The second-order valence-electron chi connectivity index (χ2n) is 2.50. The molecule has 0 spiro atoms. The van der Waals surface area contributed by atoms with Crippen LogP contribution in [0.2, 0.25) is 0 Å². The van der Waals surface area contributed by atoms with E-state index in [2.05, 4.69) is 15.4 Å². The summed E-state index contributed by atoms with van der Waals surface area (Å²) in [5, 5.41) is 20.1. The highest BCUT2D eigenvalue weighted by Gasteiger charge is 2.13. The van der Waals surface area contributed by atoms with Gasteiger partial charge >= 0.3 is 0 Å². The van der Waals surface area contributed by atoms with E-state index in [0.29, 0.717) is 11.0 Å². The van der Waals surface area contributed by atoms with Crippen molar-refractivity contribution < 1.29 is 4.92 Å². The largest absolute Gasteiger partial charge is 0.393 e. The molecule has 0 fully saturated rings. The molecule has 0 saturated heterocycles. The fourth-order valence-electron chi connectivity index (χ4n) is 1.06. The zero-order valence-electron chi connectivity index (χ0n) is 6.39. The fraction of sp³-hybridized carbons (Fsp3) is 0. The molecule has 0 aliphatic carbocycles. The molecule has 0 unspecified atom stereocenters. The molecule has 13 heavy (non-hydrogen) atoms. The summed E-state index contributed by atoms with van der Waals surface area (Å²) < 4.78 is 0. The van der Waals surface area contributed by atoms with Crippen LogP contribution in [0.25, 0.3) is 11.0 Å². The molecular formula is C6H5N5O2. The Hall–Kier alpha value is -2.18. The van der Waals surface area contributed by atoms with Crippen LogP contribution in [0.4, 0.5) is 11.4 Å². The number of benzene rings is 1. The Morgan fingerprint density at radius 1 is 1.54 bits per heavy atom. The van der Waals surface area contributed by atoms with Crippen LogP contribution in [0.5, 0.6) is 0 Å². The van der Waals surface area contributed by atoms with Crippen molar-refractivity contribution in [1.29, 1.82) is 0 Å². The van der Waals surface area contributed by atoms with E-state index in [1.54, 1.807) is 0 Å². The number of H-pyrrole nitrogens is 1. The van der Waals surface area contributed by atoms with Gasteiger partial charge in [0.2, 0.25) is 0 Å². The number of anilines is 1. The molecular weight excluding hydrogens is 174 g/mol. The Balaban J connectivity index is 2.76. The highest BCUT2D eigenvalue weighted by Crippen LogP contribution is 2.24. The highest BCUT2D eigenvalue weighted by atomic mass is 16.6. The van der Waals surface area contributed by atoms with E-state index in [-0.39, 0.29) is 11.4 Å². The summed E-state index contributed by atoms with van der Waals surface area (Å²) in [6.45, 7) is 0. The molecule has 3 N–H and O–H groups in total. The van der Waals surface area contributed by atoms with E-state index in [4.69, 9.17) is 5.73 Å². The maximum Gasteiger partial charge on any atom is 0.294 e. The molecule has 1 heterocycles. The number of nitrogens with two attached hydrogens (primary N) is 1. The van der Waals surface area contributed by atoms with Crippen molar-refractivity contribution in [3.63, 3.8) is 0 Å². The van der Waals surface area contributed by atoms with Gasteiger partial charge in [-0.3, -0.25) is 15.2 Å². The second kappa shape index (κ2) is 2.41. The molecule has 0 aliphatic heterocycles. The van der Waals surface area contributed by atoms with Crippen LogP contribution in [-0.4, -0.2) is 20.3 Å². The first-order valence-electron chi connectivity index (χ1n) is 3.43. The molecule has 1 aromatic heterocycles. The summed E-state index contributed by atoms with van der Waals surface area (Å²) in [5.41, 5.74) is 6.40. The number of aromatic nitrogens is 3. The Morgan fingerprint density at radius 2 is 2.31 bits per heavy atom. The number of hydrogen-bond acceptors (Lipinski definition) is 5. The highest BCUT2D eigenvalue weighted by molar-refractivity contribution is 5.83. The molecule has 2 aromatic rings. The van der Waals surface area contributed by atoms with Gasteiger partial charge in [0.25, 0.3) is 5.69 Å². The lowest BCUT2D eigenvalue weighted by molar-refractivity contribution is -0.383. The van der Waals surface area contributed by atoms with Crippen LogP contribution < -0.4 is 5.73 Å². The lowest BCUT2D eigenvalue weighted by Crippen LogP contribution is -1.95. The van der Waals surface area contributed by atoms with Gasteiger partial charge in [0, 0.05) is 6.07 Å². The van der Waals surface area contributed by atoms with Gasteiger partial charge in [-0.15, -0.1) is 5.10 Å². The smallest absolute Gasteiger partial charge is 0.294 e. The van der Waals surface area contributed by atoms with Gasteiger partial charge < -0.3 is 5.73 Å². The zero-order chi connectivity index (χ0) is 9.42. The van der Waals surface area contributed by atoms with Crippen molar-refractivity contribution in [2.45, 2.75) is 0 Å². The molecule has 7 nitrogen and oxygen atoms in total. The van der Waals surface area contributed by atoms with Crippen molar-refractivity contribution in [3.8, 4) is 0 Å². The van der Waals surface area contributed by atoms with Gasteiger partial charge in [-0.2, -0.15) is 0 Å². The normalized spacial score (nSPS) is 10.5. The Labute approximate surface area is 71.7 Å². The molecule has 0 aliphatic rings. The first-order chi connectivity index (χ1) is 6.18. The van der Waals surface area contributed by atoms with Gasteiger partial charge in [0.1, 0.15) is 11.2 Å². The van der Waals surface area contributed by atoms with E-state index in [0.717, 1.165) is 0 Å². The fourth-order valence-corrected chi connectivity index (χ4v) is 1.06. The average Bonchev–Trinajstić information content (AvgIpc) is 2.48. The van der Waals surface area contributed by atoms with Crippen molar-refractivity contribution in [2.24, 2.45) is 0 Å². The number of nitrogens with zero attached hydrogens (tertiary/aromatic N) is 3. The number of rotatable bonds is 1. The molecule has 0 radical (unpaired) electrons. The second-order valence-corrected chi connectivity index (χ2v) is 2.50. The van der Waals surface area contributed by atoms with E-state index >= 15 is 0 Å². The number of nitrogen functional groups attached to an aromatic ring is 1. The number of nitro benzene ring substituents is 1. The Kier molecular flexibility index (Phi) is 1.38. The van der Waals surface area contributed by atoms with E-state index in [1.807, 2.05) is 0 Å². The monoisotopic (exact) mass is 179 g/mol. The first-order valence-corrected chi connectivity index (χ1v) is 3.43. The summed E-state index contributed by atoms with van der Waals surface area (Å²) in [4.78, 5) is 9.90. The number of nitrogens with one attached hydrogen (secondary N) is 1. The Morgan fingerprint density at radius 3 is 3.00 bits per heavy atom. The molecule has 66 valence electrons. The minimum absolute atomic E-state index is 0.101. The predicted octanol–water partition coefficient (Wildman–Crippen LogP) is 0.448. The minimum Gasteiger partial charge on any atom is -0.393 e. The molecule has 0 saturated carbocycles. The van der Waals surface area contributed by atoms with Crippen LogP contribution in [0, 0.1) is 10.1 Å². The molecule has 7 heteroatoms. The minimum atomic E-state index is -0.552. The standard InChI is InChI=1S/C6H5N5O2/c7-3-1-4-5(9-10-8-4)2-6(3)11(12)13/h1-2H,7H2,(H,8,9,10). The predicted molar refractivity (Wildman–Crippen MR) is 45.0 cm³/mol. The van der Waals surface area contributed by atoms with Crippen molar-refractivity contribution in [1.82, 2.24) is 15.4 Å². The van der Waals surface area contributed by atoms with Crippen LogP contribution in [-0.2, 0) is 0 Å². The van der Waals surface area contributed by atoms with Gasteiger partial charge in [-0.25, -0.2) is 0 Å². The lowest BCUT2D eigenvalue weighted by atomic mass is 10.2. The van der Waals surface area contributed by atoms with Crippen LogP contribution in [0.15, 0.2) is 12.1 Å². The third-order valence-electron chi connectivity index (χ3n) is 1.67. The molecule has 1 aromatic carbocycles. The maximum atomic E-state index is 10.5. The van der Waals surface area contributed by atoms with Crippen LogP contribution in [0.3, 0.4) is 0 Å². The summed E-state index contributed by atoms with van der Waals surface area (Å²) in [6, 6.07) is 2.72. The SMILES string of the molecule is Nc1cc2[nH]nnc2cc1[N+](=O)[O-]. The van der Waals surface area contributed by atoms with Crippen LogP contribution in [0.1, 0.15) is 0 Å². The zero-order valence-corrected chi connectivity index (χ0v) is 6.39. The van der Waals surface area contributed by atoms with E-state index in [1.165, 1.54) is 12.1 Å². The number of fused-ring (bicyclic) bond motifs is 1. The lowest BCUT2D eigenvalue weighted by Gasteiger charge is -1.94. The van der Waals surface area contributed by atoms with Crippen molar-refractivity contribution >= 4 is 22.4 Å². The maximum absolute atomic E-state index is 10.5. The quantitative estimate of drug-likeness (QED) is 0.375. The number of aromatic amines is 1. The molecule has 0 bridgehead atoms. The van der Waals surface area contributed by atoms with Gasteiger partial charge in [0.15, 0.2) is 0 Å². The van der Waals surface area contributed by atoms with Gasteiger partial charge in [-0.05, 0) is 6.07 Å². The topological polar surface area (TPSA) is 111 Å². The third kappa shape index (κ3) is 1.06. The van der Waals surface area contributed by atoms with E-state index < -0.39 is 4.92 Å². The summed E-state index contributed by atoms with van der Waals surface area (Å²) in [5.74, 6) is 0. The molecule has 2 rings (SSSR count). The van der Waals surface area contributed by atoms with Crippen molar-refractivity contribution in [3.05, 3.63) is 22.2 Å². The first kappa shape index (κ1) is 7.47. The molecule has 0 atom stereocenters. The Bertz CT molecular complexity index is 477. The van der Waals surface area contributed by atoms with Crippen LogP contribution >= 0.6 is 0 Å². The van der Waals surface area contributed by atoms with Crippen molar-refractivity contribution in [2.75, 3.05) is 5.73 Å². The third-order valence-corrected chi connectivity index (χ3v) is 1.67. The van der Waals surface area contributed by atoms with Gasteiger partial charge in [0.05, 0.1) is 10.4 Å². The molecule has 0 amide bonds. The summed E-state index contributed by atoms with van der Waals surface area (Å²) in [7, 11) is 0. The number of hydrogen-bond donors (Lipinski definition) is 2. The average molecular weight is 179 g/mol. The van der Waals surface area contributed by atoms with E-state index in [9.17, 15) is 10.1 Å². The van der Waals surface area contributed by atoms with Gasteiger partial charge in [-0.1, -0.05) is 5.21 Å². The summed E-state index contributed by atoms with van der Waals surface area (Å²) >= 11 is 0. The number of nitro groups is 1. The summed E-state index contributed by atoms with van der Waals surface area (Å²) in [6.07, 6.45) is 0.